The molecule has 17 heavy (non-hydrogen) atoms. The molecule has 1 N–H and O–H groups in total. The van der Waals surface area contributed by atoms with Crippen molar-refractivity contribution in [3.8, 4) is 0 Å². The molecule has 0 saturated carbocycles. The molecule has 0 aliphatic carbocycles. The van der Waals surface area contributed by atoms with Crippen LogP contribution in [0.3, 0.4) is 0 Å². The third-order valence-electron chi connectivity index (χ3n) is 3.39. The molecule has 0 bridgehead atoms. The van der Waals surface area contributed by atoms with Crippen molar-refractivity contribution in [1.82, 2.24) is 10.3 Å². The summed E-state index contributed by atoms with van der Waals surface area (Å²) < 4.78 is 5.66. The highest BCUT2D eigenvalue weighted by Gasteiger charge is 2.17. The molecule has 0 aromatic carbocycles. The average Bonchev–Trinajstić information content (AvgIpc) is 2.96. The van der Waals surface area contributed by atoms with E-state index in [1.807, 2.05) is 7.05 Å². The van der Waals surface area contributed by atoms with Crippen molar-refractivity contribution in [1.29, 1.82) is 0 Å². The van der Waals surface area contributed by atoms with E-state index in [0.717, 1.165) is 18.0 Å². The van der Waals surface area contributed by atoms with Gasteiger partial charge in [-0.2, -0.15) is 0 Å². The maximum absolute atomic E-state index is 5.66. The summed E-state index contributed by atoms with van der Waals surface area (Å²) in [6.07, 6.45) is 6.37. The topological polar surface area (TPSA) is 34.1 Å². The normalized spacial score (nSPS) is 21.9. The summed E-state index contributed by atoms with van der Waals surface area (Å²) in [5.74, 6) is 0. The Morgan fingerprint density at radius 2 is 2.53 bits per heavy atom. The van der Waals surface area contributed by atoms with Crippen molar-refractivity contribution >= 4 is 11.3 Å². The van der Waals surface area contributed by atoms with Crippen LogP contribution in [0.1, 0.15) is 36.4 Å². The van der Waals surface area contributed by atoms with Gasteiger partial charge in [-0.05, 0) is 39.7 Å². The molecule has 1 fully saturated rings. The fraction of sp³-hybridized carbons (Fsp3) is 0.769. The van der Waals surface area contributed by atoms with Crippen molar-refractivity contribution in [2.45, 2.75) is 51.2 Å². The van der Waals surface area contributed by atoms with Gasteiger partial charge in [0.15, 0.2) is 0 Å². The van der Waals surface area contributed by atoms with Crippen LogP contribution in [0.4, 0.5) is 0 Å². The molecule has 3 nitrogen and oxygen atoms in total. The highest BCUT2D eigenvalue weighted by atomic mass is 32.1. The van der Waals surface area contributed by atoms with E-state index in [4.69, 9.17) is 4.74 Å². The molecule has 1 aliphatic heterocycles. The maximum atomic E-state index is 5.66. The molecular weight excluding hydrogens is 232 g/mol. The van der Waals surface area contributed by atoms with Gasteiger partial charge >= 0.3 is 0 Å². The second kappa shape index (κ2) is 6.47. The van der Waals surface area contributed by atoms with Crippen LogP contribution in [0.2, 0.25) is 0 Å². The number of ether oxygens (including phenoxy) is 1. The lowest BCUT2D eigenvalue weighted by Gasteiger charge is -2.17. The van der Waals surface area contributed by atoms with E-state index in [1.165, 1.54) is 31.4 Å². The number of aromatic nitrogens is 1. The summed E-state index contributed by atoms with van der Waals surface area (Å²) in [4.78, 5) is 4.53. The first-order valence-electron chi connectivity index (χ1n) is 6.48. The largest absolute Gasteiger partial charge is 0.378 e. The van der Waals surface area contributed by atoms with Gasteiger partial charge in [0.05, 0.1) is 16.8 Å². The highest BCUT2D eigenvalue weighted by molar-refractivity contribution is 7.09. The zero-order chi connectivity index (χ0) is 12.1. The van der Waals surface area contributed by atoms with Gasteiger partial charge in [0, 0.05) is 24.4 Å². The van der Waals surface area contributed by atoms with Gasteiger partial charge < -0.3 is 10.1 Å². The number of aryl methyl sites for hydroxylation is 1. The van der Waals surface area contributed by atoms with E-state index >= 15 is 0 Å². The van der Waals surface area contributed by atoms with Crippen LogP contribution in [0.5, 0.6) is 0 Å². The van der Waals surface area contributed by atoms with Crippen LogP contribution in [-0.2, 0) is 11.2 Å². The van der Waals surface area contributed by atoms with E-state index in [9.17, 15) is 0 Å². The minimum atomic E-state index is 0.503. The fourth-order valence-electron chi connectivity index (χ4n) is 2.36. The Labute approximate surface area is 108 Å². The summed E-state index contributed by atoms with van der Waals surface area (Å²) in [5, 5.41) is 6.73. The molecule has 0 spiro atoms. The van der Waals surface area contributed by atoms with Crippen molar-refractivity contribution in [2.24, 2.45) is 0 Å². The molecule has 1 aromatic heterocycles. The predicted molar refractivity (Wildman–Crippen MR) is 71.6 cm³/mol. The van der Waals surface area contributed by atoms with E-state index in [2.05, 4.69) is 22.6 Å². The van der Waals surface area contributed by atoms with Crippen LogP contribution in [0, 0.1) is 6.92 Å². The van der Waals surface area contributed by atoms with Gasteiger partial charge in [-0.15, -0.1) is 11.3 Å². The van der Waals surface area contributed by atoms with E-state index in [1.54, 1.807) is 11.3 Å². The number of hydrogen-bond acceptors (Lipinski definition) is 4. The molecule has 1 aliphatic rings. The standard InChI is InChI=1S/C13H22N2OS/c1-10-15-12(9-17-10)8-11(14-2)5-6-13-4-3-7-16-13/h9,11,13-14H,3-8H2,1-2H3. The smallest absolute Gasteiger partial charge is 0.0897 e. The van der Waals surface area contributed by atoms with Gasteiger partial charge in [-0.25, -0.2) is 4.98 Å². The zero-order valence-corrected chi connectivity index (χ0v) is 11.6. The molecule has 4 heteroatoms. The molecule has 0 amide bonds. The Morgan fingerprint density at radius 3 is 3.12 bits per heavy atom. The fourth-order valence-corrected chi connectivity index (χ4v) is 2.99. The van der Waals surface area contributed by atoms with Crippen molar-refractivity contribution in [3.63, 3.8) is 0 Å². The predicted octanol–water partition coefficient (Wildman–Crippen LogP) is 2.54. The third kappa shape index (κ3) is 4.05. The molecule has 2 heterocycles. The van der Waals surface area contributed by atoms with Crippen LogP contribution in [0.15, 0.2) is 5.38 Å². The van der Waals surface area contributed by atoms with Crippen LogP contribution >= 0.6 is 11.3 Å². The Morgan fingerprint density at radius 1 is 1.65 bits per heavy atom. The van der Waals surface area contributed by atoms with Crippen molar-refractivity contribution < 1.29 is 4.74 Å². The summed E-state index contributed by atoms with van der Waals surface area (Å²) in [7, 11) is 2.04. The first kappa shape index (κ1) is 13.0. The number of nitrogens with zero attached hydrogens (tertiary/aromatic N) is 1. The van der Waals surface area contributed by atoms with Crippen LogP contribution < -0.4 is 5.32 Å². The third-order valence-corrected chi connectivity index (χ3v) is 4.21. The lowest BCUT2D eigenvalue weighted by atomic mass is 10.0. The number of nitrogens with one attached hydrogen (secondary N) is 1. The second-order valence-electron chi connectivity index (χ2n) is 4.76. The number of rotatable bonds is 6. The molecule has 1 saturated heterocycles. The monoisotopic (exact) mass is 254 g/mol. The molecule has 2 rings (SSSR count). The van der Waals surface area contributed by atoms with Gasteiger partial charge in [-0.3, -0.25) is 0 Å². The van der Waals surface area contributed by atoms with E-state index < -0.39 is 0 Å². The molecule has 1 aromatic rings. The summed E-state index contributed by atoms with van der Waals surface area (Å²) in [6.45, 7) is 3.02. The highest BCUT2D eigenvalue weighted by Crippen LogP contribution is 2.19. The first-order valence-corrected chi connectivity index (χ1v) is 7.35. The second-order valence-corrected chi connectivity index (χ2v) is 5.82. The Kier molecular flexibility index (Phi) is 4.95. The SMILES string of the molecule is CNC(CCC1CCCO1)Cc1csc(C)n1. The van der Waals surface area contributed by atoms with Crippen molar-refractivity contribution in [2.75, 3.05) is 13.7 Å². The summed E-state index contributed by atoms with van der Waals surface area (Å²) in [5.41, 5.74) is 1.22. The quantitative estimate of drug-likeness (QED) is 0.847. The van der Waals surface area contributed by atoms with Crippen molar-refractivity contribution in [3.05, 3.63) is 16.1 Å². The summed E-state index contributed by atoms with van der Waals surface area (Å²) in [6, 6.07) is 0.528. The first-order chi connectivity index (χ1) is 8.28. The Balaban J connectivity index is 1.75. The lowest BCUT2D eigenvalue weighted by molar-refractivity contribution is 0.0998. The minimum absolute atomic E-state index is 0.503. The molecule has 2 atom stereocenters. The number of likely N-dealkylation sites (N-methyl/N-ethyl adjacent to an activating group) is 1. The molecule has 2 unspecified atom stereocenters. The number of thiazole rings is 1. The maximum Gasteiger partial charge on any atom is 0.0897 e. The molecule has 96 valence electrons. The number of hydrogen-bond donors (Lipinski definition) is 1. The lowest BCUT2D eigenvalue weighted by Crippen LogP contribution is -2.29. The zero-order valence-electron chi connectivity index (χ0n) is 10.7. The Bertz CT molecular complexity index is 334. The van der Waals surface area contributed by atoms with Gasteiger partial charge in [0.25, 0.3) is 0 Å². The van der Waals surface area contributed by atoms with E-state index in [-0.39, 0.29) is 0 Å². The van der Waals surface area contributed by atoms with Gasteiger partial charge in [-0.1, -0.05) is 0 Å². The molecular formula is C13H22N2OS. The Hall–Kier alpha value is -0.450. The minimum Gasteiger partial charge on any atom is -0.378 e. The molecule has 0 radical (unpaired) electrons. The summed E-state index contributed by atoms with van der Waals surface area (Å²) >= 11 is 1.74. The van der Waals surface area contributed by atoms with E-state index in [0.29, 0.717) is 12.1 Å². The van der Waals surface area contributed by atoms with Gasteiger partial charge in [0.2, 0.25) is 0 Å². The van der Waals surface area contributed by atoms with Crippen LogP contribution in [-0.4, -0.2) is 30.8 Å². The average molecular weight is 254 g/mol. The van der Waals surface area contributed by atoms with Gasteiger partial charge in [0.1, 0.15) is 0 Å². The van der Waals surface area contributed by atoms with Crippen LogP contribution in [0.25, 0.3) is 0 Å².